The van der Waals surface area contributed by atoms with Crippen LogP contribution in [0.5, 0.6) is 0 Å². The number of pyridine rings is 1. The van der Waals surface area contributed by atoms with Crippen LogP contribution in [-0.4, -0.2) is 15.3 Å². The lowest BCUT2D eigenvalue weighted by molar-refractivity contribution is 0.102. The molecule has 0 aliphatic rings. The normalized spacial score (nSPS) is 11.0. The average Bonchev–Trinajstić information content (AvgIpc) is 2.89. The molecule has 24 heavy (non-hydrogen) atoms. The summed E-state index contributed by atoms with van der Waals surface area (Å²) in [5, 5.41) is 3.50. The Labute approximate surface area is 146 Å². The Bertz CT molecular complexity index is 868. The zero-order valence-electron chi connectivity index (χ0n) is 13.8. The molecule has 4 nitrogen and oxygen atoms in total. The largest absolute Gasteiger partial charge is 0.321 e. The summed E-state index contributed by atoms with van der Waals surface area (Å²) in [6.07, 6.45) is 5.12. The van der Waals surface area contributed by atoms with Gasteiger partial charge in [-0.2, -0.15) is 0 Å². The Morgan fingerprint density at radius 2 is 1.96 bits per heavy atom. The van der Waals surface area contributed by atoms with E-state index in [0.717, 1.165) is 12.1 Å². The van der Waals surface area contributed by atoms with Crippen molar-refractivity contribution in [3.63, 3.8) is 0 Å². The number of carbonyl (C=O) groups excluding carboxylic acids is 1. The summed E-state index contributed by atoms with van der Waals surface area (Å²) in [6.45, 7) is 4.00. The molecule has 0 saturated carbocycles. The molecule has 0 bridgehead atoms. The van der Waals surface area contributed by atoms with Gasteiger partial charge in [-0.25, -0.2) is 4.98 Å². The van der Waals surface area contributed by atoms with Gasteiger partial charge < -0.3 is 5.32 Å². The van der Waals surface area contributed by atoms with E-state index in [1.54, 1.807) is 22.7 Å². The van der Waals surface area contributed by atoms with Crippen LogP contribution in [0.4, 0.5) is 5.69 Å². The molecule has 1 N–H and O–H groups in total. The van der Waals surface area contributed by atoms with Gasteiger partial charge in [-0.05, 0) is 49.6 Å². The molecule has 0 unspecified atom stereocenters. The Balaban J connectivity index is 1.82. The topological polar surface area (TPSA) is 46.4 Å². The van der Waals surface area contributed by atoms with E-state index in [2.05, 4.69) is 29.4 Å². The molecule has 0 atom stereocenters. The molecule has 3 aromatic rings. The molecule has 2 heterocycles. The summed E-state index contributed by atoms with van der Waals surface area (Å²) < 4.78 is 1.72. The number of benzene rings is 1. The fourth-order valence-corrected chi connectivity index (χ4v) is 2.90. The van der Waals surface area contributed by atoms with Crippen LogP contribution in [0.1, 0.15) is 41.5 Å². The molecule has 0 aliphatic carbocycles. The van der Waals surface area contributed by atoms with Crippen LogP contribution in [0.15, 0.2) is 42.6 Å². The molecule has 1 amide bonds. The first-order valence-corrected chi connectivity index (χ1v) is 8.51. The second kappa shape index (κ2) is 7.05. The SMILES string of the molecule is CCCCc1ccc(NC(=O)c2c(C)nc3ccc(Cl)cn23)cc1. The number of hydrogen-bond acceptors (Lipinski definition) is 2. The average molecular weight is 342 g/mol. The highest BCUT2D eigenvalue weighted by Gasteiger charge is 2.17. The number of aromatic nitrogens is 2. The second-order valence-electron chi connectivity index (χ2n) is 5.88. The maximum atomic E-state index is 12.7. The number of nitrogens with zero attached hydrogens (tertiary/aromatic N) is 2. The van der Waals surface area contributed by atoms with Crippen LogP contribution in [0.2, 0.25) is 5.02 Å². The molecule has 3 rings (SSSR count). The third-order valence-electron chi connectivity index (χ3n) is 4.00. The molecule has 0 fully saturated rings. The standard InChI is InChI=1S/C19H20ClN3O/c1-3-4-5-14-6-9-16(10-7-14)22-19(24)18-13(2)21-17-11-8-15(20)12-23(17)18/h6-12H,3-5H2,1-2H3,(H,22,24). The van der Waals surface area contributed by atoms with Crippen LogP contribution in [0, 0.1) is 6.92 Å². The number of nitrogens with one attached hydrogen (secondary N) is 1. The van der Waals surface area contributed by atoms with E-state index >= 15 is 0 Å². The van der Waals surface area contributed by atoms with E-state index in [1.807, 2.05) is 19.1 Å². The van der Waals surface area contributed by atoms with Crippen LogP contribution >= 0.6 is 11.6 Å². The highest BCUT2D eigenvalue weighted by Crippen LogP contribution is 2.18. The lowest BCUT2D eigenvalue weighted by Gasteiger charge is -2.07. The number of amides is 1. The number of halogens is 1. The van der Waals surface area contributed by atoms with E-state index in [1.165, 1.54) is 18.4 Å². The molecular formula is C19H20ClN3O. The predicted molar refractivity (Wildman–Crippen MR) is 97.9 cm³/mol. The van der Waals surface area contributed by atoms with Crippen molar-refractivity contribution >= 4 is 28.8 Å². The second-order valence-corrected chi connectivity index (χ2v) is 6.31. The van der Waals surface area contributed by atoms with E-state index in [4.69, 9.17) is 11.6 Å². The van der Waals surface area contributed by atoms with Crippen LogP contribution in [-0.2, 0) is 6.42 Å². The fraction of sp³-hybridized carbons (Fsp3) is 0.263. The van der Waals surface area contributed by atoms with Crippen molar-refractivity contribution in [1.29, 1.82) is 0 Å². The van der Waals surface area contributed by atoms with Crippen molar-refractivity contribution in [1.82, 2.24) is 9.38 Å². The van der Waals surface area contributed by atoms with E-state index < -0.39 is 0 Å². The molecule has 0 aliphatic heterocycles. The highest BCUT2D eigenvalue weighted by molar-refractivity contribution is 6.30. The summed E-state index contributed by atoms with van der Waals surface area (Å²) in [6, 6.07) is 11.6. The minimum Gasteiger partial charge on any atom is -0.321 e. The van der Waals surface area contributed by atoms with Crippen molar-refractivity contribution in [3.05, 3.63) is 64.6 Å². The van der Waals surface area contributed by atoms with Gasteiger partial charge in [-0.1, -0.05) is 37.1 Å². The molecule has 1 aromatic carbocycles. The van der Waals surface area contributed by atoms with Crippen LogP contribution < -0.4 is 5.32 Å². The number of hydrogen-bond donors (Lipinski definition) is 1. The van der Waals surface area contributed by atoms with Gasteiger partial charge >= 0.3 is 0 Å². The number of fused-ring (bicyclic) bond motifs is 1. The third-order valence-corrected chi connectivity index (χ3v) is 4.23. The first kappa shape index (κ1) is 16.5. The number of rotatable bonds is 5. The maximum Gasteiger partial charge on any atom is 0.274 e. The molecule has 2 aromatic heterocycles. The van der Waals surface area contributed by atoms with Crippen molar-refractivity contribution in [2.75, 3.05) is 5.32 Å². The van der Waals surface area contributed by atoms with Crippen molar-refractivity contribution in [2.24, 2.45) is 0 Å². The van der Waals surface area contributed by atoms with Gasteiger partial charge in [0.25, 0.3) is 5.91 Å². The van der Waals surface area contributed by atoms with Crippen LogP contribution in [0.3, 0.4) is 0 Å². The molecule has 0 saturated heterocycles. The smallest absolute Gasteiger partial charge is 0.274 e. The zero-order valence-corrected chi connectivity index (χ0v) is 14.6. The van der Waals surface area contributed by atoms with E-state index in [0.29, 0.717) is 22.1 Å². The maximum absolute atomic E-state index is 12.7. The van der Waals surface area contributed by atoms with Gasteiger partial charge in [0.2, 0.25) is 0 Å². The zero-order chi connectivity index (χ0) is 17.1. The monoisotopic (exact) mass is 341 g/mol. The van der Waals surface area contributed by atoms with Gasteiger partial charge in [0.15, 0.2) is 0 Å². The summed E-state index contributed by atoms with van der Waals surface area (Å²) in [5.74, 6) is -0.191. The van der Waals surface area contributed by atoms with Gasteiger partial charge in [0.1, 0.15) is 11.3 Å². The minimum absolute atomic E-state index is 0.191. The first-order chi connectivity index (χ1) is 11.6. The Morgan fingerprint density at radius 1 is 1.21 bits per heavy atom. The summed E-state index contributed by atoms with van der Waals surface area (Å²) in [5.41, 5.74) is 3.94. The summed E-state index contributed by atoms with van der Waals surface area (Å²) in [4.78, 5) is 17.1. The van der Waals surface area contributed by atoms with Crippen molar-refractivity contribution in [2.45, 2.75) is 33.1 Å². The number of unbranched alkanes of at least 4 members (excludes halogenated alkanes) is 1. The predicted octanol–water partition coefficient (Wildman–Crippen LogP) is 4.89. The minimum atomic E-state index is -0.191. The van der Waals surface area contributed by atoms with Gasteiger partial charge in [0.05, 0.1) is 10.7 Å². The quantitative estimate of drug-likeness (QED) is 0.718. The molecule has 0 radical (unpaired) electrons. The molecule has 124 valence electrons. The molecular weight excluding hydrogens is 322 g/mol. The number of carbonyl (C=O) groups is 1. The third kappa shape index (κ3) is 3.44. The Kier molecular flexibility index (Phi) is 4.86. The number of anilines is 1. The van der Waals surface area contributed by atoms with Crippen molar-refractivity contribution < 1.29 is 4.79 Å². The van der Waals surface area contributed by atoms with Crippen molar-refractivity contribution in [3.8, 4) is 0 Å². The van der Waals surface area contributed by atoms with Gasteiger partial charge in [-0.15, -0.1) is 0 Å². The highest BCUT2D eigenvalue weighted by atomic mass is 35.5. The molecule has 5 heteroatoms. The van der Waals surface area contributed by atoms with Gasteiger partial charge in [0, 0.05) is 11.9 Å². The lowest BCUT2D eigenvalue weighted by atomic mass is 10.1. The van der Waals surface area contributed by atoms with Crippen LogP contribution in [0.25, 0.3) is 5.65 Å². The first-order valence-electron chi connectivity index (χ1n) is 8.13. The Morgan fingerprint density at radius 3 is 2.67 bits per heavy atom. The summed E-state index contributed by atoms with van der Waals surface area (Å²) in [7, 11) is 0. The van der Waals surface area contributed by atoms with E-state index in [9.17, 15) is 4.79 Å². The summed E-state index contributed by atoms with van der Waals surface area (Å²) >= 11 is 6.04. The van der Waals surface area contributed by atoms with Gasteiger partial charge in [-0.3, -0.25) is 9.20 Å². The lowest BCUT2D eigenvalue weighted by Crippen LogP contribution is -2.15. The number of aryl methyl sites for hydroxylation is 2. The molecule has 0 spiro atoms. The number of imidazole rings is 1. The van der Waals surface area contributed by atoms with E-state index in [-0.39, 0.29) is 5.91 Å². The Hall–Kier alpha value is -2.33. The fourth-order valence-electron chi connectivity index (χ4n) is 2.74.